The van der Waals surface area contributed by atoms with Gasteiger partial charge in [0.25, 0.3) is 0 Å². The minimum Gasteiger partial charge on any atom is -0.325 e. The molecule has 0 saturated carbocycles. The Morgan fingerprint density at radius 1 is 1.06 bits per heavy atom. The molecule has 168 valence electrons. The molecule has 0 spiro atoms. The number of sulfonamides is 1. The monoisotopic (exact) mass is 462 g/mol. The molecule has 0 radical (unpaired) electrons. The van der Waals surface area contributed by atoms with E-state index in [1.807, 2.05) is 38.2 Å². The van der Waals surface area contributed by atoms with Crippen LogP contribution >= 0.6 is 11.8 Å². The molecule has 1 atom stereocenters. The Morgan fingerprint density at radius 2 is 1.74 bits per heavy atom. The van der Waals surface area contributed by atoms with Crippen molar-refractivity contribution in [3.63, 3.8) is 0 Å². The summed E-state index contributed by atoms with van der Waals surface area (Å²) in [4.78, 5) is 19.3. The summed E-state index contributed by atoms with van der Waals surface area (Å²) in [6, 6.07) is 11.0. The van der Waals surface area contributed by atoms with Crippen LogP contribution in [0, 0.1) is 0 Å². The summed E-state index contributed by atoms with van der Waals surface area (Å²) in [6.07, 6.45) is 1.38. The molecule has 1 saturated heterocycles. The van der Waals surface area contributed by atoms with Crippen LogP contribution in [0.1, 0.15) is 32.3 Å². The number of hydrogen-bond donors (Lipinski definition) is 1. The van der Waals surface area contributed by atoms with Gasteiger partial charge in [-0.15, -0.1) is 0 Å². The first-order chi connectivity index (χ1) is 14.7. The van der Waals surface area contributed by atoms with Crippen molar-refractivity contribution in [2.45, 2.75) is 41.9 Å². The van der Waals surface area contributed by atoms with Gasteiger partial charge in [-0.1, -0.05) is 43.8 Å². The summed E-state index contributed by atoms with van der Waals surface area (Å²) in [5.41, 5.74) is 1.90. The molecule has 1 aliphatic heterocycles. The largest absolute Gasteiger partial charge is 0.325 e. The van der Waals surface area contributed by atoms with Gasteiger partial charge in [0.05, 0.1) is 10.3 Å². The lowest BCUT2D eigenvalue weighted by atomic mass is 10.0. The smallest absolute Gasteiger partial charge is 0.244 e. The average Bonchev–Trinajstić information content (AvgIpc) is 2.74. The van der Waals surface area contributed by atoms with E-state index in [4.69, 9.17) is 0 Å². The van der Waals surface area contributed by atoms with E-state index in [1.165, 1.54) is 22.3 Å². The predicted molar refractivity (Wildman–Crippen MR) is 125 cm³/mol. The number of hydrogen-bond acceptors (Lipinski definition) is 6. The van der Waals surface area contributed by atoms with E-state index < -0.39 is 10.0 Å². The zero-order chi connectivity index (χ0) is 22.6. The number of carbonyl (C=O) groups excluding carboxylic acids is 1. The lowest BCUT2D eigenvalue weighted by molar-refractivity contribution is -0.115. The predicted octanol–water partition coefficient (Wildman–Crippen LogP) is 3.26. The van der Waals surface area contributed by atoms with Crippen LogP contribution in [0.15, 0.2) is 52.5 Å². The fourth-order valence-corrected chi connectivity index (χ4v) is 5.51. The van der Waals surface area contributed by atoms with Gasteiger partial charge in [-0.05, 0) is 43.7 Å². The Morgan fingerprint density at radius 3 is 2.35 bits per heavy atom. The second-order valence-electron chi connectivity index (χ2n) is 8.03. The first-order valence-corrected chi connectivity index (χ1v) is 12.7. The number of anilines is 1. The van der Waals surface area contributed by atoms with Crippen LogP contribution in [-0.2, 0) is 14.8 Å². The fraction of sp³-hybridized carbons (Fsp3) is 0.455. The van der Waals surface area contributed by atoms with Crippen LogP contribution in [0.25, 0.3) is 0 Å². The molecule has 2 heterocycles. The third-order valence-corrected chi connectivity index (χ3v) is 8.25. The van der Waals surface area contributed by atoms with Crippen molar-refractivity contribution < 1.29 is 13.2 Å². The highest BCUT2D eigenvalue weighted by Crippen LogP contribution is 2.27. The molecular weight excluding hydrogens is 432 g/mol. The number of rotatable bonds is 7. The van der Waals surface area contributed by atoms with Crippen molar-refractivity contribution in [1.82, 2.24) is 14.2 Å². The maximum atomic E-state index is 12.8. The minimum atomic E-state index is -3.55. The van der Waals surface area contributed by atoms with E-state index in [0.717, 1.165) is 11.3 Å². The number of carbonyl (C=O) groups is 1. The molecule has 0 aliphatic carbocycles. The maximum Gasteiger partial charge on any atom is 0.244 e. The number of para-hydroxylation sites is 1. The molecule has 31 heavy (non-hydrogen) atoms. The number of pyridine rings is 1. The number of likely N-dealkylation sites (N-methyl/N-ethyl adjacent to an activating group) is 1. The number of nitrogens with one attached hydrogen (secondary N) is 1. The Kier molecular flexibility index (Phi) is 7.74. The molecular formula is C22H30N4O3S2. The van der Waals surface area contributed by atoms with E-state index in [9.17, 15) is 13.2 Å². The summed E-state index contributed by atoms with van der Waals surface area (Å²) < 4.78 is 27.1. The first-order valence-electron chi connectivity index (χ1n) is 10.4. The summed E-state index contributed by atoms with van der Waals surface area (Å²) in [7, 11) is -1.56. The summed E-state index contributed by atoms with van der Waals surface area (Å²) in [5, 5.41) is 3.23. The number of piperazine rings is 1. The van der Waals surface area contributed by atoms with Crippen molar-refractivity contribution >= 4 is 33.4 Å². The third kappa shape index (κ3) is 5.85. The molecule has 2 aromatic rings. The van der Waals surface area contributed by atoms with E-state index >= 15 is 0 Å². The van der Waals surface area contributed by atoms with Crippen molar-refractivity contribution in [2.75, 3.05) is 38.5 Å². The van der Waals surface area contributed by atoms with Crippen LogP contribution in [0.2, 0.25) is 0 Å². The number of nitrogens with zero attached hydrogens (tertiary/aromatic N) is 3. The highest BCUT2D eigenvalue weighted by Gasteiger charge is 2.28. The summed E-state index contributed by atoms with van der Waals surface area (Å²) >= 11 is 1.30. The van der Waals surface area contributed by atoms with Gasteiger partial charge in [-0.2, -0.15) is 4.31 Å². The molecule has 1 aliphatic rings. The van der Waals surface area contributed by atoms with Crippen molar-refractivity contribution in [3.05, 3.63) is 48.2 Å². The number of amides is 1. The fourth-order valence-electron chi connectivity index (χ4n) is 3.35. The highest BCUT2D eigenvalue weighted by molar-refractivity contribution is 8.00. The zero-order valence-corrected chi connectivity index (χ0v) is 20.0. The van der Waals surface area contributed by atoms with Crippen LogP contribution in [0.5, 0.6) is 0 Å². The second kappa shape index (κ2) is 10.1. The van der Waals surface area contributed by atoms with Crippen LogP contribution in [0.3, 0.4) is 0 Å². The number of aromatic nitrogens is 1. The van der Waals surface area contributed by atoms with Gasteiger partial charge in [0.15, 0.2) is 0 Å². The SMILES string of the molecule is CC(Sc1ccc(S(=O)(=O)N2CCN(C)CC2)cn1)C(=O)Nc1ccccc1C(C)C. The standard InChI is InChI=1S/C22H30N4O3S2/c1-16(2)19-7-5-6-8-20(19)24-22(27)17(3)30-21-10-9-18(15-23-21)31(28,29)26-13-11-25(4)12-14-26/h5-10,15-17H,11-14H2,1-4H3,(H,24,27). The molecule has 1 N–H and O–H groups in total. The summed E-state index contributed by atoms with van der Waals surface area (Å²) in [5.74, 6) is 0.185. The molecule has 1 amide bonds. The van der Waals surface area contributed by atoms with Crippen molar-refractivity contribution in [3.8, 4) is 0 Å². The van der Waals surface area contributed by atoms with Crippen LogP contribution < -0.4 is 5.32 Å². The Hall–Kier alpha value is -1.94. The zero-order valence-electron chi connectivity index (χ0n) is 18.4. The molecule has 1 unspecified atom stereocenters. The Labute approximate surface area is 189 Å². The molecule has 1 fully saturated rings. The van der Waals surface area contributed by atoms with Gasteiger partial charge >= 0.3 is 0 Å². The molecule has 1 aromatic heterocycles. The second-order valence-corrected chi connectivity index (χ2v) is 11.3. The average molecular weight is 463 g/mol. The third-order valence-electron chi connectivity index (χ3n) is 5.32. The Balaban J connectivity index is 1.63. The van der Waals surface area contributed by atoms with Gasteiger partial charge in [-0.3, -0.25) is 4.79 Å². The quantitative estimate of drug-likeness (QED) is 0.636. The van der Waals surface area contributed by atoms with Gasteiger partial charge in [0.1, 0.15) is 4.90 Å². The highest BCUT2D eigenvalue weighted by atomic mass is 32.2. The van der Waals surface area contributed by atoms with Crippen LogP contribution in [-0.4, -0.2) is 67.0 Å². The molecule has 1 aromatic carbocycles. The van der Waals surface area contributed by atoms with Gasteiger partial charge < -0.3 is 10.2 Å². The molecule has 0 bridgehead atoms. The lowest BCUT2D eigenvalue weighted by Crippen LogP contribution is -2.47. The molecule has 7 nitrogen and oxygen atoms in total. The maximum absolute atomic E-state index is 12.8. The first kappa shape index (κ1) is 23.7. The lowest BCUT2D eigenvalue weighted by Gasteiger charge is -2.31. The number of benzene rings is 1. The topological polar surface area (TPSA) is 82.6 Å². The van der Waals surface area contributed by atoms with E-state index in [1.54, 1.807) is 12.1 Å². The van der Waals surface area contributed by atoms with Crippen molar-refractivity contribution in [1.29, 1.82) is 0 Å². The van der Waals surface area contributed by atoms with E-state index in [0.29, 0.717) is 37.1 Å². The Bertz CT molecular complexity index is 1000. The minimum absolute atomic E-state index is 0.117. The summed E-state index contributed by atoms with van der Waals surface area (Å²) in [6.45, 7) is 8.37. The molecule has 3 rings (SSSR count). The van der Waals surface area contributed by atoms with Gasteiger partial charge in [-0.25, -0.2) is 13.4 Å². The number of thioether (sulfide) groups is 1. The van der Waals surface area contributed by atoms with E-state index in [2.05, 4.69) is 29.0 Å². The molecule has 9 heteroatoms. The van der Waals surface area contributed by atoms with Gasteiger partial charge in [0, 0.05) is 38.1 Å². The van der Waals surface area contributed by atoms with Gasteiger partial charge in [0.2, 0.25) is 15.9 Å². The normalized spacial score (nSPS) is 16.9. The van der Waals surface area contributed by atoms with E-state index in [-0.39, 0.29) is 16.1 Å². The van der Waals surface area contributed by atoms with Crippen LogP contribution in [0.4, 0.5) is 5.69 Å². The van der Waals surface area contributed by atoms with Crippen molar-refractivity contribution in [2.24, 2.45) is 0 Å².